The highest BCUT2D eigenvalue weighted by molar-refractivity contribution is 7.89. The van der Waals surface area contributed by atoms with Gasteiger partial charge in [0.1, 0.15) is 6.04 Å². The molecule has 8 heteroatoms. The van der Waals surface area contributed by atoms with Crippen LogP contribution in [0.5, 0.6) is 0 Å². The predicted molar refractivity (Wildman–Crippen MR) is 107 cm³/mol. The molecule has 2 atom stereocenters. The molecule has 0 spiro atoms. The Bertz CT molecular complexity index is 847. The molecule has 1 aliphatic rings. The van der Waals surface area contributed by atoms with Gasteiger partial charge in [0, 0.05) is 19.1 Å². The van der Waals surface area contributed by atoms with Gasteiger partial charge in [0.2, 0.25) is 15.9 Å². The minimum Gasteiger partial charge on any atom is -0.353 e. The first-order chi connectivity index (χ1) is 12.5. The Morgan fingerprint density at radius 1 is 1.11 bits per heavy atom. The molecule has 1 aliphatic heterocycles. The van der Waals surface area contributed by atoms with Crippen LogP contribution in [0.2, 0.25) is 0 Å². The monoisotopic (exact) mass is 409 g/mol. The van der Waals surface area contributed by atoms with E-state index in [1.807, 2.05) is 30.3 Å². The molecule has 3 rings (SSSR count). The van der Waals surface area contributed by atoms with E-state index in [1.54, 1.807) is 30.3 Å². The lowest BCUT2D eigenvalue weighted by molar-refractivity contribution is -0.124. The summed E-state index contributed by atoms with van der Waals surface area (Å²) in [7, 11) is -3.68. The van der Waals surface area contributed by atoms with Gasteiger partial charge in [-0.05, 0) is 30.5 Å². The van der Waals surface area contributed by atoms with Crippen LogP contribution in [0, 0.1) is 0 Å². The van der Waals surface area contributed by atoms with E-state index in [0.29, 0.717) is 19.4 Å². The summed E-state index contributed by atoms with van der Waals surface area (Å²) < 4.78 is 27.0. The van der Waals surface area contributed by atoms with E-state index in [-0.39, 0.29) is 35.8 Å². The Morgan fingerprint density at radius 2 is 1.70 bits per heavy atom. The molecule has 2 aromatic rings. The first-order valence-corrected chi connectivity index (χ1v) is 10.1. The molecular weight excluding hydrogens is 386 g/mol. The standard InChI is InChI=1S/C19H23N3O3S.ClH/c20-17(15-8-3-1-4-9-15)14-21-19(23)18-12-7-13-22(18)26(24,25)16-10-5-2-6-11-16;/h1-6,8-11,17-18H,7,12-14,20H2,(H,21,23);1H. The van der Waals surface area contributed by atoms with Crippen molar-refractivity contribution in [2.24, 2.45) is 5.73 Å². The number of hydrogen-bond acceptors (Lipinski definition) is 4. The number of nitrogens with zero attached hydrogens (tertiary/aromatic N) is 1. The average molecular weight is 410 g/mol. The fourth-order valence-corrected chi connectivity index (χ4v) is 4.84. The lowest BCUT2D eigenvalue weighted by Gasteiger charge is -2.24. The van der Waals surface area contributed by atoms with Crippen LogP contribution in [0.15, 0.2) is 65.6 Å². The SMILES string of the molecule is Cl.NC(CNC(=O)C1CCCN1S(=O)(=O)c1ccccc1)c1ccccc1. The van der Waals surface area contributed by atoms with Gasteiger partial charge in [-0.2, -0.15) is 4.31 Å². The summed E-state index contributed by atoms with van der Waals surface area (Å²) in [6, 6.07) is 16.7. The van der Waals surface area contributed by atoms with Crippen LogP contribution in [-0.4, -0.2) is 37.8 Å². The molecule has 3 N–H and O–H groups in total. The number of hydrogen-bond donors (Lipinski definition) is 2. The predicted octanol–water partition coefficient (Wildman–Crippen LogP) is 2.08. The third-order valence-corrected chi connectivity index (χ3v) is 6.50. The molecular formula is C19H24ClN3O3S. The highest BCUT2D eigenvalue weighted by atomic mass is 35.5. The molecule has 2 unspecified atom stereocenters. The zero-order valence-electron chi connectivity index (χ0n) is 14.8. The lowest BCUT2D eigenvalue weighted by Crippen LogP contribution is -2.47. The number of nitrogens with two attached hydrogens (primary N) is 1. The quantitative estimate of drug-likeness (QED) is 0.763. The van der Waals surface area contributed by atoms with Gasteiger partial charge in [0.25, 0.3) is 0 Å². The number of nitrogens with one attached hydrogen (secondary N) is 1. The number of rotatable bonds is 6. The summed E-state index contributed by atoms with van der Waals surface area (Å²) in [4.78, 5) is 12.8. The molecule has 0 aromatic heterocycles. The van der Waals surface area contributed by atoms with E-state index in [1.165, 1.54) is 4.31 Å². The maximum absolute atomic E-state index is 12.8. The fraction of sp³-hybridized carbons (Fsp3) is 0.316. The number of carbonyl (C=O) groups is 1. The van der Waals surface area contributed by atoms with Crippen molar-refractivity contribution >= 4 is 28.3 Å². The molecule has 1 fully saturated rings. The summed E-state index contributed by atoms with van der Waals surface area (Å²) >= 11 is 0. The molecule has 1 heterocycles. The van der Waals surface area contributed by atoms with Crippen LogP contribution >= 0.6 is 12.4 Å². The van der Waals surface area contributed by atoms with Crippen molar-refractivity contribution in [2.75, 3.05) is 13.1 Å². The summed E-state index contributed by atoms with van der Waals surface area (Å²) in [6.07, 6.45) is 1.17. The van der Waals surface area contributed by atoms with Gasteiger partial charge in [-0.25, -0.2) is 8.42 Å². The Hall–Kier alpha value is -1.93. The number of halogens is 1. The van der Waals surface area contributed by atoms with Gasteiger partial charge in [-0.15, -0.1) is 12.4 Å². The molecule has 146 valence electrons. The Morgan fingerprint density at radius 3 is 2.33 bits per heavy atom. The zero-order chi connectivity index (χ0) is 18.6. The van der Waals surface area contributed by atoms with E-state index in [0.717, 1.165) is 5.56 Å². The second-order valence-electron chi connectivity index (χ2n) is 6.35. The Labute approximate surface area is 166 Å². The molecule has 6 nitrogen and oxygen atoms in total. The normalized spacial score (nSPS) is 18.5. The van der Waals surface area contributed by atoms with Crippen molar-refractivity contribution in [3.63, 3.8) is 0 Å². The summed E-state index contributed by atoms with van der Waals surface area (Å²) in [5, 5.41) is 2.81. The van der Waals surface area contributed by atoms with Crippen LogP contribution in [0.25, 0.3) is 0 Å². The van der Waals surface area contributed by atoms with Crippen LogP contribution in [-0.2, 0) is 14.8 Å². The van der Waals surface area contributed by atoms with E-state index in [2.05, 4.69) is 5.32 Å². The highest BCUT2D eigenvalue weighted by Crippen LogP contribution is 2.26. The van der Waals surface area contributed by atoms with Gasteiger partial charge in [-0.3, -0.25) is 4.79 Å². The van der Waals surface area contributed by atoms with Crippen molar-refractivity contribution in [3.8, 4) is 0 Å². The second kappa shape index (κ2) is 9.32. The number of sulfonamides is 1. The van der Waals surface area contributed by atoms with Crippen molar-refractivity contribution in [1.82, 2.24) is 9.62 Å². The summed E-state index contributed by atoms with van der Waals surface area (Å²) in [6.45, 7) is 0.610. The van der Waals surface area contributed by atoms with E-state index >= 15 is 0 Å². The molecule has 27 heavy (non-hydrogen) atoms. The lowest BCUT2D eigenvalue weighted by atomic mass is 10.1. The Balaban J connectivity index is 0.00000261. The average Bonchev–Trinajstić information content (AvgIpc) is 3.18. The highest BCUT2D eigenvalue weighted by Gasteiger charge is 2.39. The van der Waals surface area contributed by atoms with Crippen molar-refractivity contribution in [2.45, 2.75) is 29.8 Å². The van der Waals surface area contributed by atoms with Crippen molar-refractivity contribution in [1.29, 1.82) is 0 Å². The van der Waals surface area contributed by atoms with Crippen LogP contribution < -0.4 is 11.1 Å². The number of carbonyl (C=O) groups excluding carboxylic acids is 1. The largest absolute Gasteiger partial charge is 0.353 e. The van der Waals surface area contributed by atoms with Gasteiger partial charge in [0.15, 0.2) is 0 Å². The molecule has 0 saturated carbocycles. The smallest absolute Gasteiger partial charge is 0.243 e. The molecule has 0 bridgehead atoms. The first-order valence-electron chi connectivity index (χ1n) is 8.65. The Kier molecular flexibility index (Phi) is 7.38. The van der Waals surface area contributed by atoms with Gasteiger partial charge in [0.05, 0.1) is 4.90 Å². The second-order valence-corrected chi connectivity index (χ2v) is 8.24. The minimum absolute atomic E-state index is 0. The van der Waals surface area contributed by atoms with E-state index in [9.17, 15) is 13.2 Å². The number of benzene rings is 2. The first kappa shape index (κ1) is 21.4. The molecule has 0 radical (unpaired) electrons. The third kappa shape index (κ3) is 4.87. The van der Waals surface area contributed by atoms with Crippen LogP contribution in [0.1, 0.15) is 24.4 Å². The zero-order valence-corrected chi connectivity index (χ0v) is 16.5. The molecule has 2 aromatic carbocycles. The summed E-state index contributed by atoms with van der Waals surface area (Å²) in [5.74, 6) is -0.298. The van der Waals surface area contributed by atoms with Crippen molar-refractivity contribution in [3.05, 3.63) is 66.2 Å². The van der Waals surface area contributed by atoms with Gasteiger partial charge >= 0.3 is 0 Å². The minimum atomic E-state index is -3.68. The van der Waals surface area contributed by atoms with Gasteiger partial charge < -0.3 is 11.1 Å². The molecule has 0 aliphatic carbocycles. The molecule has 1 saturated heterocycles. The van der Waals surface area contributed by atoms with E-state index in [4.69, 9.17) is 5.73 Å². The third-order valence-electron chi connectivity index (χ3n) is 4.58. The topological polar surface area (TPSA) is 92.5 Å². The number of amides is 1. The maximum Gasteiger partial charge on any atom is 0.243 e. The molecule has 1 amide bonds. The maximum atomic E-state index is 12.8. The fourth-order valence-electron chi connectivity index (χ4n) is 3.16. The van der Waals surface area contributed by atoms with Gasteiger partial charge in [-0.1, -0.05) is 48.5 Å². The van der Waals surface area contributed by atoms with Crippen LogP contribution in [0.4, 0.5) is 0 Å². The van der Waals surface area contributed by atoms with E-state index < -0.39 is 16.1 Å². The van der Waals surface area contributed by atoms with Crippen molar-refractivity contribution < 1.29 is 13.2 Å². The van der Waals surface area contributed by atoms with Crippen LogP contribution in [0.3, 0.4) is 0 Å². The summed E-state index contributed by atoms with van der Waals surface area (Å²) in [5.41, 5.74) is 7.03.